The van der Waals surface area contributed by atoms with Gasteiger partial charge in [0.25, 0.3) is 0 Å². The van der Waals surface area contributed by atoms with E-state index in [-0.39, 0.29) is 0 Å². The number of aromatic nitrogens is 3. The van der Waals surface area contributed by atoms with Crippen LogP contribution in [0.2, 0.25) is 0 Å². The van der Waals surface area contributed by atoms with Crippen LogP contribution in [-0.2, 0) is 12.8 Å². The number of fused-ring (bicyclic) bond motifs is 6. The lowest BCUT2D eigenvalue weighted by Gasteiger charge is -2.21. The van der Waals surface area contributed by atoms with E-state index in [9.17, 15) is 0 Å². The average molecular weight is 604 g/mol. The van der Waals surface area contributed by atoms with Gasteiger partial charge in [-0.2, -0.15) is 0 Å². The monoisotopic (exact) mass is 603 g/mol. The molecular formula is C44H33N3. The molecule has 0 saturated heterocycles. The first-order chi connectivity index (χ1) is 23.2. The summed E-state index contributed by atoms with van der Waals surface area (Å²) in [6, 6.07) is 39.0. The Labute approximate surface area is 275 Å². The Morgan fingerprint density at radius 1 is 0.574 bits per heavy atom. The number of pyridine rings is 1. The number of hydrogen-bond donors (Lipinski definition) is 0. The molecule has 0 N–H and O–H groups in total. The van der Waals surface area contributed by atoms with Crippen LogP contribution in [-0.4, -0.2) is 15.0 Å². The molecule has 3 nitrogen and oxygen atoms in total. The van der Waals surface area contributed by atoms with Gasteiger partial charge < -0.3 is 0 Å². The fourth-order valence-corrected chi connectivity index (χ4v) is 7.40. The molecule has 2 aromatic heterocycles. The largest absolute Gasteiger partial charge is 0.256 e. The van der Waals surface area contributed by atoms with Crippen LogP contribution >= 0.6 is 0 Å². The van der Waals surface area contributed by atoms with E-state index >= 15 is 0 Å². The van der Waals surface area contributed by atoms with Crippen LogP contribution < -0.4 is 0 Å². The van der Waals surface area contributed by atoms with E-state index in [0.717, 1.165) is 64.4 Å². The molecule has 0 saturated carbocycles. The molecule has 2 aliphatic carbocycles. The average Bonchev–Trinajstić information content (AvgIpc) is 3.14. The molecule has 1 atom stereocenters. The fraction of sp³-hybridized carbons (Fsp3) is 0.114. The predicted molar refractivity (Wildman–Crippen MR) is 196 cm³/mol. The second kappa shape index (κ2) is 11.3. The van der Waals surface area contributed by atoms with Gasteiger partial charge in [-0.05, 0) is 99.3 Å². The highest BCUT2D eigenvalue weighted by Crippen LogP contribution is 2.40. The Kier molecular flexibility index (Phi) is 6.64. The maximum atomic E-state index is 5.33. The molecule has 0 aliphatic heterocycles. The lowest BCUT2D eigenvalue weighted by molar-refractivity contribution is 0.718. The molecule has 0 radical (unpaired) electrons. The number of rotatable bonds is 4. The maximum Gasteiger partial charge on any atom is 0.160 e. The summed E-state index contributed by atoms with van der Waals surface area (Å²) in [4.78, 5) is 15.2. The molecule has 47 heavy (non-hydrogen) atoms. The Balaban J connectivity index is 1.29. The van der Waals surface area contributed by atoms with Crippen molar-refractivity contribution >= 4 is 33.7 Å². The van der Waals surface area contributed by atoms with E-state index in [0.29, 0.717) is 5.92 Å². The van der Waals surface area contributed by atoms with Crippen LogP contribution in [0.4, 0.5) is 0 Å². The summed E-state index contributed by atoms with van der Waals surface area (Å²) in [5.41, 5.74) is 12.6. The highest BCUT2D eigenvalue weighted by molar-refractivity contribution is 6.04. The first-order valence-electron chi connectivity index (χ1n) is 16.6. The second-order valence-electron chi connectivity index (χ2n) is 12.8. The van der Waals surface area contributed by atoms with Gasteiger partial charge in [-0.15, -0.1) is 0 Å². The minimum Gasteiger partial charge on any atom is -0.256 e. The first-order valence-corrected chi connectivity index (χ1v) is 16.6. The third kappa shape index (κ3) is 4.87. The van der Waals surface area contributed by atoms with Gasteiger partial charge in [-0.1, -0.05) is 110 Å². The van der Waals surface area contributed by atoms with Gasteiger partial charge in [-0.3, -0.25) is 4.98 Å². The van der Waals surface area contributed by atoms with Crippen molar-refractivity contribution in [1.29, 1.82) is 0 Å². The van der Waals surface area contributed by atoms with Crippen LogP contribution in [0.5, 0.6) is 0 Å². The molecule has 2 aliphatic rings. The second-order valence-corrected chi connectivity index (χ2v) is 12.8. The lowest BCUT2D eigenvalue weighted by atomic mass is 9.84. The smallest absolute Gasteiger partial charge is 0.160 e. The van der Waals surface area contributed by atoms with Crippen molar-refractivity contribution in [2.75, 3.05) is 0 Å². The quantitative estimate of drug-likeness (QED) is 0.201. The SMILES string of the molecule is CC1C=Cc2c(cc(-c3cc(-c4cc5c(c6ccccc46)C=CCC5)nc(-c4ccc(-c5ccccn5)cc4)n3)c3ccccc23)C1. The van der Waals surface area contributed by atoms with Crippen LogP contribution in [0.15, 0.2) is 128 Å². The molecule has 9 rings (SSSR count). The van der Waals surface area contributed by atoms with E-state index in [1.165, 1.54) is 43.8 Å². The normalized spacial score (nSPS) is 15.1. The minimum atomic E-state index is 0.501. The third-order valence-corrected chi connectivity index (χ3v) is 9.72. The number of nitrogens with zero attached hydrogens (tertiary/aromatic N) is 3. The van der Waals surface area contributed by atoms with Gasteiger partial charge in [0.1, 0.15) is 0 Å². The Morgan fingerprint density at radius 3 is 1.87 bits per heavy atom. The van der Waals surface area contributed by atoms with Crippen molar-refractivity contribution < 1.29 is 0 Å². The predicted octanol–water partition coefficient (Wildman–Crippen LogP) is 11.0. The summed E-state index contributed by atoms with van der Waals surface area (Å²) >= 11 is 0. The zero-order valence-electron chi connectivity index (χ0n) is 26.3. The van der Waals surface area contributed by atoms with Crippen LogP contribution in [0.3, 0.4) is 0 Å². The Hall–Kier alpha value is -5.67. The summed E-state index contributed by atoms with van der Waals surface area (Å²) in [6.45, 7) is 2.29. The van der Waals surface area contributed by atoms with Crippen LogP contribution in [0.25, 0.3) is 78.9 Å². The molecule has 0 bridgehead atoms. The van der Waals surface area contributed by atoms with Crippen molar-refractivity contribution in [2.24, 2.45) is 5.92 Å². The first kappa shape index (κ1) is 27.6. The van der Waals surface area contributed by atoms with Crippen molar-refractivity contribution in [3.63, 3.8) is 0 Å². The van der Waals surface area contributed by atoms with E-state index in [1.807, 2.05) is 24.4 Å². The molecule has 2 heterocycles. The Bertz CT molecular complexity index is 2380. The number of allylic oxidation sites excluding steroid dienone is 2. The standard InChI is InChI=1S/C44H33N3/c1-28-17-22-34-32(24-28)26-40(38-15-7-5-13-36(34)38)43-27-42(39-25-31-10-2-3-11-33(31)35-12-4-6-14-37(35)39)46-44(47-43)30-20-18-29(19-21-30)41-16-8-9-23-45-41/h3-9,11-23,25-28H,2,10,24H2,1H3. The fourth-order valence-electron chi connectivity index (χ4n) is 7.40. The molecular weight excluding hydrogens is 571 g/mol. The van der Waals surface area contributed by atoms with Gasteiger partial charge >= 0.3 is 0 Å². The van der Waals surface area contributed by atoms with Gasteiger partial charge in [0.05, 0.1) is 17.1 Å². The summed E-state index contributed by atoms with van der Waals surface area (Å²) < 4.78 is 0. The van der Waals surface area contributed by atoms with Crippen LogP contribution in [0, 0.1) is 5.92 Å². The molecule has 0 amide bonds. The Morgan fingerprint density at radius 2 is 1.19 bits per heavy atom. The zero-order valence-corrected chi connectivity index (χ0v) is 26.3. The van der Waals surface area contributed by atoms with E-state index < -0.39 is 0 Å². The molecule has 3 heteroatoms. The molecule has 5 aromatic carbocycles. The molecule has 224 valence electrons. The van der Waals surface area contributed by atoms with Crippen LogP contribution in [0.1, 0.15) is 35.6 Å². The van der Waals surface area contributed by atoms with Gasteiger partial charge in [-0.25, -0.2) is 9.97 Å². The zero-order chi connectivity index (χ0) is 31.3. The van der Waals surface area contributed by atoms with Crippen molar-refractivity contribution in [2.45, 2.75) is 26.2 Å². The molecule has 0 fully saturated rings. The minimum absolute atomic E-state index is 0.501. The highest BCUT2D eigenvalue weighted by atomic mass is 14.9. The van der Waals surface area contributed by atoms with E-state index in [4.69, 9.17) is 9.97 Å². The number of hydrogen-bond acceptors (Lipinski definition) is 3. The summed E-state index contributed by atoms with van der Waals surface area (Å²) in [7, 11) is 0. The van der Waals surface area contributed by atoms with Gasteiger partial charge in [0.2, 0.25) is 0 Å². The van der Waals surface area contributed by atoms with Gasteiger partial charge in [0, 0.05) is 28.5 Å². The highest BCUT2D eigenvalue weighted by Gasteiger charge is 2.21. The van der Waals surface area contributed by atoms with Crippen molar-refractivity contribution in [3.05, 3.63) is 150 Å². The van der Waals surface area contributed by atoms with Gasteiger partial charge in [0.15, 0.2) is 5.82 Å². The van der Waals surface area contributed by atoms with E-state index in [2.05, 4.69) is 127 Å². The third-order valence-electron chi connectivity index (χ3n) is 9.72. The van der Waals surface area contributed by atoms with Crippen molar-refractivity contribution in [1.82, 2.24) is 15.0 Å². The number of benzene rings is 5. The summed E-state index contributed by atoms with van der Waals surface area (Å²) in [6.07, 6.45) is 14.2. The van der Waals surface area contributed by atoms with E-state index in [1.54, 1.807) is 0 Å². The topological polar surface area (TPSA) is 38.7 Å². The molecule has 1 unspecified atom stereocenters. The summed E-state index contributed by atoms with van der Waals surface area (Å²) in [5, 5.41) is 4.98. The van der Waals surface area contributed by atoms with Crippen molar-refractivity contribution in [3.8, 4) is 45.2 Å². The lowest BCUT2D eigenvalue weighted by Crippen LogP contribution is -2.05. The summed E-state index contributed by atoms with van der Waals surface area (Å²) in [5.74, 6) is 1.23. The molecule has 0 spiro atoms. The molecule has 7 aromatic rings. The maximum absolute atomic E-state index is 5.33. The number of aryl methyl sites for hydroxylation is 1.